The van der Waals surface area contributed by atoms with Crippen molar-refractivity contribution >= 4 is 78.9 Å². The first-order chi connectivity index (χ1) is 15.3. The molecule has 0 saturated heterocycles. The molecular weight excluding hydrogens is 712 g/mol. The smallest absolute Gasteiger partial charge is 0.872 e. The van der Waals surface area contributed by atoms with Crippen LogP contribution in [0.15, 0.2) is 54.6 Å². The normalized spacial score (nSPS) is 9.26. The van der Waals surface area contributed by atoms with Crippen LogP contribution in [0.1, 0.15) is 31.1 Å². The van der Waals surface area contributed by atoms with Gasteiger partial charge in [-0.05, 0) is 36.4 Å². The summed E-state index contributed by atoms with van der Waals surface area (Å²) in [5.41, 5.74) is -0.882. The molecule has 3 aromatic rings. The van der Waals surface area contributed by atoms with Crippen LogP contribution in [0.25, 0.3) is 0 Å². The molecule has 0 atom stereocenters. The number of hydrogen-bond donors (Lipinski definition) is 3. The van der Waals surface area contributed by atoms with E-state index in [1.165, 1.54) is 18.2 Å². The van der Waals surface area contributed by atoms with E-state index in [9.17, 15) is 29.7 Å². The topological polar surface area (TPSA) is 181 Å². The van der Waals surface area contributed by atoms with Gasteiger partial charge in [-0.25, -0.2) is 14.4 Å². The van der Waals surface area contributed by atoms with Crippen molar-refractivity contribution in [3.05, 3.63) is 86.4 Å². The van der Waals surface area contributed by atoms with E-state index in [1.807, 2.05) is 0 Å². The second-order valence-electron chi connectivity index (χ2n) is 5.84. The van der Waals surface area contributed by atoms with E-state index in [4.69, 9.17) is 50.1 Å². The Kier molecular flexibility index (Phi) is 13.3. The van der Waals surface area contributed by atoms with Crippen LogP contribution in [-0.4, -0.2) is 59.4 Å². The average molecular weight is 724 g/mol. The predicted octanol–water partition coefficient (Wildman–Crippen LogP) is 2.95. The molecule has 0 spiro atoms. The van der Waals surface area contributed by atoms with Gasteiger partial charge in [0, 0.05) is 15.1 Å². The van der Waals surface area contributed by atoms with Crippen molar-refractivity contribution in [2.75, 3.05) is 0 Å². The molecule has 0 unspecified atom stereocenters. The number of carboxylic acids is 3. The average Bonchev–Trinajstić information content (AvgIpc) is 2.73. The van der Waals surface area contributed by atoms with Crippen LogP contribution in [0.3, 0.4) is 0 Å². The fraction of sp³-hybridized carbons (Fsp3) is 0. The van der Waals surface area contributed by atoms with Crippen molar-refractivity contribution in [2.24, 2.45) is 0 Å². The molecule has 34 heavy (non-hydrogen) atoms. The first-order valence-electron chi connectivity index (χ1n) is 8.43. The Morgan fingerprint density at radius 2 is 0.735 bits per heavy atom. The van der Waals surface area contributed by atoms with Gasteiger partial charge in [0.2, 0.25) is 0 Å². The third-order valence-electron chi connectivity index (χ3n) is 3.52. The van der Waals surface area contributed by atoms with Crippen LogP contribution in [0.5, 0.6) is 17.2 Å². The number of rotatable bonds is 3. The fourth-order valence-corrected chi connectivity index (χ4v) is 2.52. The van der Waals surface area contributed by atoms with E-state index in [2.05, 4.69) is 0 Å². The molecule has 0 heterocycles. The van der Waals surface area contributed by atoms with Crippen LogP contribution in [0, 0.1) is 0 Å². The standard InChI is InChI=1S/3C7H5ClO3.Bi/c3*8-4-1-2-6(9)5(3-4)7(10)11;/h3*1-3,9H,(H,10,11);/q;;;+3/p-3. The molecular formula is C21H12BiCl3O9. The molecule has 3 rings (SSSR count). The molecule has 0 amide bonds. The molecule has 0 fully saturated rings. The van der Waals surface area contributed by atoms with Crippen molar-refractivity contribution in [2.45, 2.75) is 0 Å². The maximum atomic E-state index is 10.8. The van der Waals surface area contributed by atoms with Crippen LogP contribution in [0.4, 0.5) is 0 Å². The number of aromatic carboxylic acids is 3. The van der Waals surface area contributed by atoms with Gasteiger partial charge in [0.05, 0.1) is 16.7 Å². The zero-order chi connectivity index (χ0) is 25.3. The van der Waals surface area contributed by atoms with Gasteiger partial charge >= 0.3 is 44.1 Å². The third-order valence-corrected chi connectivity index (χ3v) is 4.22. The molecule has 0 bridgehead atoms. The van der Waals surface area contributed by atoms with Crippen LogP contribution in [0.2, 0.25) is 15.1 Å². The molecule has 0 aliphatic carbocycles. The van der Waals surface area contributed by atoms with Gasteiger partial charge in [-0.3, -0.25) is 0 Å². The number of carboxylic acid groups (broad SMARTS) is 3. The largest absolute Gasteiger partial charge is 3.00 e. The van der Waals surface area contributed by atoms with Gasteiger partial charge in [-0.15, -0.1) is 0 Å². The van der Waals surface area contributed by atoms with Crippen molar-refractivity contribution < 1.29 is 45.0 Å². The monoisotopic (exact) mass is 722 g/mol. The summed E-state index contributed by atoms with van der Waals surface area (Å²) in [6.45, 7) is 0. The molecule has 0 aromatic heterocycles. The number of halogens is 3. The van der Waals surface area contributed by atoms with Crippen LogP contribution < -0.4 is 15.3 Å². The maximum absolute atomic E-state index is 10.8. The molecule has 176 valence electrons. The first kappa shape index (κ1) is 31.2. The van der Waals surface area contributed by atoms with E-state index >= 15 is 0 Å². The summed E-state index contributed by atoms with van der Waals surface area (Å²) in [5, 5.41) is 58.4. The second kappa shape index (κ2) is 14.5. The summed E-state index contributed by atoms with van der Waals surface area (Å²) >= 11 is 16.4. The molecule has 3 aromatic carbocycles. The Morgan fingerprint density at radius 3 is 0.882 bits per heavy atom. The summed E-state index contributed by atoms with van der Waals surface area (Å²) in [6.07, 6.45) is 0. The predicted molar refractivity (Wildman–Crippen MR) is 119 cm³/mol. The number of benzene rings is 3. The SMILES string of the molecule is O=C(O)c1cc(Cl)ccc1[O-].O=C(O)c1cc(Cl)ccc1[O-].O=C(O)c1cc(Cl)ccc1[O-].[Bi+3]. The summed E-state index contributed by atoms with van der Waals surface area (Å²) in [5.74, 6) is -5.34. The minimum atomic E-state index is -1.25. The zero-order valence-corrected chi connectivity index (χ0v) is 22.3. The molecule has 9 nitrogen and oxygen atoms in total. The van der Waals surface area contributed by atoms with Crippen molar-refractivity contribution in [3.8, 4) is 17.2 Å². The summed E-state index contributed by atoms with van der Waals surface area (Å²) < 4.78 is 0. The summed E-state index contributed by atoms with van der Waals surface area (Å²) in [7, 11) is 0. The minimum Gasteiger partial charge on any atom is -0.872 e. The molecule has 2 radical (unpaired) electrons. The molecule has 13 heteroatoms. The number of hydrogen-bond acceptors (Lipinski definition) is 6. The van der Waals surface area contributed by atoms with Crippen LogP contribution >= 0.6 is 34.8 Å². The van der Waals surface area contributed by atoms with Gasteiger partial charge in [-0.2, -0.15) is 0 Å². The second-order valence-corrected chi connectivity index (χ2v) is 7.15. The van der Waals surface area contributed by atoms with Gasteiger partial charge in [0.15, 0.2) is 0 Å². The Morgan fingerprint density at radius 1 is 0.529 bits per heavy atom. The minimum absolute atomic E-state index is 0. The summed E-state index contributed by atoms with van der Waals surface area (Å²) in [4.78, 5) is 30.9. The quantitative estimate of drug-likeness (QED) is 0.343. The van der Waals surface area contributed by atoms with E-state index in [1.54, 1.807) is 0 Å². The Balaban J connectivity index is 0.000000473. The van der Waals surface area contributed by atoms with Crippen molar-refractivity contribution in [1.29, 1.82) is 0 Å². The van der Waals surface area contributed by atoms with Gasteiger partial charge in [-0.1, -0.05) is 70.3 Å². The Hall–Kier alpha value is -2.78. The maximum Gasteiger partial charge on any atom is 3.00 e. The van der Waals surface area contributed by atoms with Gasteiger partial charge in [0.1, 0.15) is 0 Å². The van der Waals surface area contributed by atoms with E-state index in [-0.39, 0.29) is 58.0 Å². The van der Waals surface area contributed by atoms with Crippen LogP contribution in [-0.2, 0) is 0 Å². The Bertz CT molecular complexity index is 1040. The first-order valence-corrected chi connectivity index (χ1v) is 9.56. The van der Waals surface area contributed by atoms with Gasteiger partial charge in [0.25, 0.3) is 0 Å². The molecule has 3 N–H and O–H groups in total. The van der Waals surface area contributed by atoms with Crippen molar-refractivity contribution in [1.82, 2.24) is 0 Å². The van der Waals surface area contributed by atoms with E-state index < -0.39 is 35.2 Å². The zero-order valence-electron chi connectivity index (χ0n) is 16.6. The molecule has 0 aliphatic rings. The van der Waals surface area contributed by atoms with E-state index in [0.717, 1.165) is 36.4 Å². The van der Waals surface area contributed by atoms with E-state index in [0.29, 0.717) is 0 Å². The summed E-state index contributed by atoms with van der Waals surface area (Å²) in [6, 6.07) is 10.9. The molecule has 0 saturated carbocycles. The number of carbonyl (C=O) groups is 3. The fourth-order valence-electron chi connectivity index (χ4n) is 2.01. The molecule has 0 aliphatic heterocycles. The third kappa shape index (κ3) is 10.0. The van der Waals surface area contributed by atoms with Gasteiger partial charge < -0.3 is 30.6 Å². The Labute approximate surface area is 226 Å². The van der Waals surface area contributed by atoms with Crippen molar-refractivity contribution in [3.63, 3.8) is 0 Å².